The van der Waals surface area contributed by atoms with Crippen LogP contribution in [-0.4, -0.2) is 20.6 Å². The Balaban J connectivity index is 2.43. The molecular weight excluding hydrogens is 212 g/mol. The molecule has 5 heteroatoms. The molecule has 78 valence electrons. The predicted molar refractivity (Wildman–Crippen MR) is 57.9 cm³/mol. The molecule has 2 aromatic heterocycles. The van der Waals surface area contributed by atoms with Gasteiger partial charge in [0.25, 0.3) is 0 Å². The van der Waals surface area contributed by atoms with Crippen molar-refractivity contribution in [3.63, 3.8) is 0 Å². The maximum Gasteiger partial charge on any atom is 0.326 e. The van der Waals surface area contributed by atoms with Gasteiger partial charge < -0.3 is 9.67 Å². The molecule has 0 spiro atoms. The normalized spacial score (nSPS) is 12.6. The molecule has 2 aromatic rings. The number of aliphatic carboxylic acids is 1. The zero-order valence-corrected chi connectivity index (χ0v) is 8.94. The number of imidazole rings is 1. The van der Waals surface area contributed by atoms with Crippen LogP contribution < -0.4 is 0 Å². The molecule has 2 rings (SSSR count). The van der Waals surface area contributed by atoms with Crippen molar-refractivity contribution in [1.82, 2.24) is 9.55 Å². The second kappa shape index (κ2) is 3.86. The van der Waals surface area contributed by atoms with Crippen LogP contribution in [0.1, 0.15) is 13.0 Å². The third kappa shape index (κ3) is 1.78. The second-order valence-electron chi connectivity index (χ2n) is 3.15. The summed E-state index contributed by atoms with van der Waals surface area (Å²) >= 11 is 1.55. The lowest BCUT2D eigenvalue weighted by atomic mass is 10.3. The Kier molecular flexibility index (Phi) is 2.55. The van der Waals surface area contributed by atoms with Crippen molar-refractivity contribution >= 4 is 17.3 Å². The van der Waals surface area contributed by atoms with Crippen LogP contribution in [0.3, 0.4) is 0 Å². The van der Waals surface area contributed by atoms with Gasteiger partial charge in [-0.05, 0) is 18.4 Å². The zero-order valence-electron chi connectivity index (χ0n) is 8.12. The quantitative estimate of drug-likeness (QED) is 0.866. The Hall–Kier alpha value is -1.62. The highest BCUT2D eigenvalue weighted by Crippen LogP contribution is 2.25. The third-order valence-electron chi connectivity index (χ3n) is 2.18. The molecule has 0 bridgehead atoms. The highest BCUT2D eigenvalue weighted by molar-refractivity contribution is 7.13. The number of carbonyl (C=O) groups is 1. The van der Waals surface area contributed by atoms with Crippen LogP contribution in [0, 0.1) is 0 Å². The molecule has 0 aromatic carbocycles. The SMILES string of the molecule is CC(C(=O)O)n1ccnc1-c1cccs1. The number of thiophene rings is 1. The smallest absolute Gasteiger partial charge is 0.326 e. The summed E-state index contributed by atoms with van der Waals surface area (Å²) in [6, 6.07) is 3.26. The van der Waals surface area contributed by atoms with E-state index in [9.17, 15) is 4.79 Å². The monoisotopic (exact) mass is 222 g/mol. The average molecular weight is 222 g/mol. The molecule has 1 atom stereocenters. The van der Waals surface area contributed by atoms with Crippen LogP contribution in [0.5, 0.6) is 0 Å². The number of hydrogen-bond acceptors (Lipinski definition) is 3. The molecule has 0 aliphatic carbocycles. The predicted octanol–water partition coefficient (Wildman–Crippen LogP) is 2.26. The minimum absolute atomic E-state index is 0.593. The molecule has 0 aliphatic heterocycles. The summed E-state index contributed by atoms with van der Waals surface area (Å²) in [5, 5.41) is 10.9. The lowest BCUT2D eigenvalue weighted by Gasteiger charge is -2.10. The topological polar surface area (TPSA) is 55.1 Å². The van der Waals surface area contributed by atoms with E-state index in [1.54, 1.807) is 35.2 Å². The van der Waals surface area contributed by atoms with E-state index in [0.717, 1.165) is 4.88 Å². The van der Waals surface area contributed by atoms with Gasteiger partial charge in [-0.25, -0.2) is 9.78 Å². The van der Waals surface area contributed by atoms with Crippen LogP contribution in [0.4, 0.5) is 0 Å². The van der Waals surface area contributed by atoms with E-state index in [-0.39, 0.29) is 0 Å². The van der Waals surface area contributed by atoms with Crippen molar-refractivity contribution in [3.8, 4) is 10.7 Å². The van der Waals surface area contributed by atoms with E-state index < -0.39 is 12.0 Å². The van der Waals surface area contributed by atoms with Crippen molar-refractivity contribution in [3.05, 3.63) is 29.9 Å². The van der Waals surface area contributed by atoms with Crippen molar-refractivity contribution in [2.24, 2.45) is 0 Å². The zero-order chi connectivity index (χ0) is 10.8. The van der Waals surface area contributed by atoms with E-state index in [1.807, 2.05) is 17.5 Å². The minimum Gasteiger partial charge on any atom is -0.480 e. The Morgan fingerprint density at radius 3 is 3.07 bits per heavy atom. The molecule has 0 aliphatic rings. The van der Waals surface area contributed by atoms with Gasteiger partial charge in [0.05, 0.1) is 4.88 Å². The number of carboxylic acid groups (broad SMARTS) is 1. The van der Waals surface area contributed by atoms with Gasteiger partial charge in [0.15, 0.2) is 5.82 Å². The van der Waals surface area contributed by atoms with Gasteiger partial charge in [0, 0.05) is 12.4 Å². The summed E-state index contributed by atoms with van der Waals surface area (Å²) in [4.78, 5) is 16.0. The standard InChI is InChI=1S/C10H10N2O2S/c1-7(10(13)14)12-5-4-11-9(12)8-3-2-6-15-8/h2-7H,1H3,(H,13,14). The number of carboxylic acids is 1. The molecule has 1 N–H and O–H groups in total. The first-order chi connectivity index (χ1) is 7.20. The van der Waals surface area contributed by atoms with Gasteiger partial charge in [-0.1, -0.05) is 6.07 Å². The van der Waals surface area contributed by atoms with Gasteiger partial charge in [0.2, 0.25) is 0 Å². The Bertz CT molecular complexity index is 461. The lowest BCUT2D eigenvalue weighted by molar-refractivity contribution is -0.140. The van der Waals surface area contributed by atoms with Crippen molar-refractivity contribution in [2.75, 3.05) is 0 Å². The number of rotatable bonds is 3. The van der Waals surface area contributed by atoms with E-state index >= 15 is 0 Å². The van der Waals surface area contributed by atoms with Gasteiger partial charge in [-0.15, -0.1) is 11.3 Å². The van der Waals surface area contributed by atoms with Crippen LogP contribution in [0.25, 0.3) is 10.7 Å². The molecular formula is C10H10N2O2S. The molecule has 1 unspecified atom stereocenters. The first kappa shape index (κ1) is 9.92. The van der Waals surface area contributed by atoms with Crippen LogP contribution in [0.2, 0.25) is 0 Å². The van der Waals surface area contributed by atoms with Gasteiger partial charge >= 0.3 is 5.97 Å². The first-order valence-corrected chi connectivity index (χ1v) is 5.37. The van der Waals surface area contributed by atoms with E-state index in [0.29, 0.717) is 5.82 Å². The maximum absolute atomic E-state index is 10.9. The highest BCUT2D eigenvalue weighted by atomic mass is 32.1. The molecule has 15 heavy (non-hydrogen) atoms. The fraction of sp³-hybridized carbons (Fsp3) is 0.200. The Labute approximate surface area is 90.8 Å². The molecule has 4 nitrogen and oxygen atoms in total. The number of nitrogens with zero attached hydrogens (tertiary/aromatic N) is 2. The van der Waals surface area contributed by atoms with Crippen molar-refractivity contribution in [1.29, 1.82) is 0 Å². The molecule has 2 heterocycles. The number of aromatic nitrogens is 2. The van der Waals surface area contributed by atoms with E-state index in [2.05, 4.69) is 4.98 Å². The molecule has 0 fully saturated rings. The van der Waals surface area contributed by atoms with Crippen LogP contribution >= 0.6 is 11.3 Å². The highest BCUT2D eigenvalue weighted by Gasteiger charge is 2.17. The number of hydrogen-bond donors (Lipinski definition) is 1. The summed E-state index contributed by atoms with van der Waals surface area (Å²) in [6.07, 6.45) is 3.31. The average Bonchev–Trinajstić information content (AvgIpc) is 2.86. The Morgan fingerprint density at radius 2 is 2.47 bits per heavy atom. The van der Waals surface area contributed by atoms with Crippen molar-refractivity contribution in [2.45, 2.75) is 13.0 Å². The van der Waals surface area contributed by atoms with Gasteiger partial charge in [-0.3, -0.25) is 0 Å². The summed E-state index contributed by atoms with van der Waals surface area (Å²) in [7, 11) is 0. The summed E-state index contributed by atoms with van der Waals surface area (Å²) in [5.41, 5.74) is 0. The van der Waals surface area contributed by atoms with Gasteiger partial charge in [-0.2, -0.15) is 0 Å². The second-order valence-corrected chi connectivity index (χ2v) is 4.10. The van der Waals surface area contributed by atoms with E-state index in [1.165, 1.54) is 0 Å². The fourth-order valence-corrected chi connectivity index (χ4v) is 2.07. The van der Waals surface area contributed by atoms with Crippen molar-refractivity contribution < 1.29 is 9.90 Å². The summed E-state index contributed by atoms with van der Waals surface area (Å²) < 4.78 is 1.66. The van der Waals surface area contributed by atoms with Gasteiger partial charge in [0.1, 0.15) is 6.04 Å². The minimum atomic E-state index is -0.856. The Morgan fingerprint density at radius 1 is 1.67 bits per heavy atom. The third-order valence-corrected chi connectivity index (χ3v) is 3.05. The lowest BCUT2D eigenvalue weighted by Crippen LogP contribution is -2.15. The first-order valence-electron chi connectivity index (χ1n) is 4.49. The van der Waals surface area contributed by atoms with Crippen LogP contribution in [-0.2, 0) is 4.79 Å². The molecule has 0 amide bonds. The molecule has 0 saturated carbocycles. The maximum atomic E-state index is 10.9. The van der Waals surface area contributed by atoms with Crippen LogP contribution in [0.15, 0.2) is 29.9 Å². The largest absolute Gasteiger partial charge is 0.480 e. The molecule has 0 saturated heterocycles. The summed E-state index contributed by atoms with van der Waals surface area (Å²) in [6.45, 7) is 1.64. The fourth-order valence-electron chi connectivity index (χ4n) is 1.34. The molecule has 0 radical (unpaired) electrons. The van der Waals surface area contributed by atoms with E-state index in [4.69, 9.17) is 5.11 Å². The summed E-state index contributed by atoms with van der Waals surface area (Å²) in [5.74, 6) is -0.147.